The van der Waals surface area contributed by atoms with Gasteiger partial charge in [-0.25, -0.2) is 9.48 Å². The van der Waals surface area contributed by atoms with Crippen LogP contribution in [0.3, 0.4) is 0 Å². The number of hydrogen-bond acceptors (Lipinski definition) is 4. The van der Waals surface area contributed by atoms with Gasteiger partial charge in [0, 0.05) is 0 Å². The Bertz CT molecular complexity index is 549. The second kappa shape index (κ2) is 2.56. The van der Waals surface area contributed by atoms with Gasteiger partial charge in [0.1, 0.15) is 17.8 Å². The molecule has 3 N–H and O–H groups in total. The first kappa shape index (κ1) is 7.74. The molecule has 0 unspecified atom stereocenters. The van der Waals surface area contributed by atoms with Crippen LogP contribution in [0.2, 0.25) is 0 Å². The highest BCUT2D eigenvalue weighted by molar-refractivity contribution is 5.72. The van der Waals surface area contributed by atoms with Gasteiger partial charge in [0.2, 0.25) is 0 Å². The largest absolute Gasteiger partial charge is 0.374 e. The SMILES string of the molecule is O=c1[nH]c(=O)c2cnn(CO)c2[nH]1. The number of aromatic amines is 2. The van der Waals surface area contributed by atoms with Crippen molar-refractivity contribution in [3.05, 3.63) is 27.0 Å². The monoisotopic (exact) mass is 182 g/mol. The predicted octanol–water partition coefficient (Wildman–Crippen LogP) is -1.64. The average molecular weight is 182 g/mol. The molecule has 13 heavy (non-hydrogen) atoms. The molecule has 0 aliphatic rings. The Morgan fingerprint density at radius 2 is 2.23 bits per heavy atom. The molecule has 0 aliphatic carbocycles. The van der Waals surface area contributed by atoms with Crippen LogP contribution in [0.4, 0.5) is 0 Å². The molecule has 0 spiro atoms. The molecule has 0 radical (unpaired) electrons. The van der Waals surface area contributed by atoms with Crippen molar-refractivity contribution in [3.63, 3.8) is 0 Å². The molecule has 0 saturated carbocycles. The lowest BCUT2D eigenvalue weighted by molar-refractivity contribution is 0.199. The topological polar surface area (TPSA) is 104 Å². The van der Waals surface area contributed by atoms with Crippen LogP contribution in [0.25, 0.3) is 11.0 Å². The van der Waals surface area contributed by atoms with Crippen molar-refractivity contribution in [1.29, 1.82) is 0 Å². The molecule has 2 aromatic heterocycles. The van der Waals surface area contributed by atoms with Gasteiger partial charge in [-0.1, -0.05) is 0 Å². The van der Waals surface area contributed by atoms with Crippen molar-refractivity contribution < 1.29 is 5.11 Å². The van der Waals surface area contributed by atoms with E-state index >= 15 is 0 Å². The Hall–Kier alpha value is -1.89. The summed E-state index contributed by atoms with van der Waals surface area (Å²) in [5, 5.41) is 12.7. The van der Waals surface area contributed by atoms with Crippen molar-refractivity contribution in [3.8, 4) is 0 Å². The summed E-state index contributed by atoms with van der Waals surface area (Å²) < 4.78 is 1.12. The van der Waals surface area contributed by atoms with E-state index in [1.54, 1.807) is 0 Å². The minimum absolute atomic E-state index is 0.219. The molecular formula is C6H6N4O3. The summed E-state index contributed by atoms with van der Waals surface area (Å²) in [6.45, 7) is -0.386. The number of hydrogen-bond donors (Lipinski definition) is 3. The molecule has 0 fully saturated rings. The summed E-state index contributed by atoms with van der Waals surface area (Å²) >= 11 is 0. The third-order valence-corrected chi connectivity index (χ3v) is 1.68. The normalized spacial score (nSPS) is 10.8. The fraction of sp³-hybridized carbons (Fsp3) is 0.167. The van der Waals surface area contributed by atoms with E-state index in [0.717, 1.165) is 4.68 Å². The Morgan fingerprint density at radius 1 is 1.46 bits per heavy atom. The third kappa shape index (κ3) is 1.05. The maximum Gasteiger partial charge on any atom is 0.327 e. The fourth-order valence-corrected chi connectivity index (χ4v) is 1.10. The predicted molar refractivity (Wildman–Crippen MR) is 43.2 cm³/mol. The molecule has 0 bridgehead atoms. The maximum absolute atomic E-state index is 11.1. The smallest absolute Gasteiger partial charge is 0.327 e. The Labute approximate surface area is 70.6 Å². The van der Waals surface area contributed by atoms with Crippen molar-refractivity contribution >= 4 is 11.0 Å². The zero-order chi connectivity index (χ0) is 9.42. The van der Waals surface area contributed by atoms with E-state index in [-0.39, 0.29) is 17.8 Å². The second-order valence-corrected chi connectivity index (χ2v) is 2.46. The molecule has 2 rings (SSSR count). The number of H-pyrrole nitrogens is 2. The molecule has 0 aliphatic heterocycles. The maximum atomic E-state index is 11.1. The summed E-state index contributed by atoms with van der Waals surface area (Å²) in [7, 11) is 0. The molecule has 0 amide bonds. The number of aliphatic hydroxyl groups excluding tert-OH is 1. The van der Waals surface area contributed by atoms with Crippen molar-refractivity contribution in [2.45, 2.75) is 6.73 Å². The molecule has 7 heteroatoms. The lowest BCUT2D eigenvalue weighted by Crippen LogP contribution is -2.22. The molecule has 0 saturated heterocycles. The Morgan fingerprint density at radius 3 is 2.92 bits per heavy atom. The summed E-state index contributed by atoms with van der Waals surface area (Å²) in [5.74, 6) is 0. The van der Waals surface area contributed by atoms with Crippen molar-refractivity contribution in [1.82, 2.24) is 19.7 Å². The highest BCUT2D eigenvalue weighted by Crippen LogP contribution is 2.01. The molecule has 2 aromatic rings. The van der Waals surface area contributed by atoms with Gasteiger partial charge in [-0.05, 0) is 0 Å². The van der Waals surface area contributed by atoms with E-state index in [0.29, 0.717) is 0 Å². The van der Waals surface area contributed by atoms with Gasteiger partial charge >= 0.3 is 5.69 Å². The first-order valence-corrected chi connectivity index (χ1v) is 3.51. The lowest BCUT2D eigenvalue weighted by atomic mass is 10.4. The summed E-state index contributed by atoms with van der Waals surface area (Å²) in [4.78, 5) is 26.4. The summed E-state index contributed by atoms with van der Waals surface area (Å²) in [5.41, 5.74) is -0.914. The van der Waals surface area contributed by atoms with Crippen LogP contribution in [0.5, 0.6) is 0 Å². The van der Waals surface area contributed by atoms with Crippen LogP contribution < -0.4 is 11.2 Å². The molecule has 7 nitrogen and oxygen atoms in total. The summed E-state index contributed by atoms with van der Waals surface area (Å²) in [6, 6.07) is 0. The van der Waals surface area contributed by atoms with Crippen LogP contribution >= 0.6 is 0 Å². The lowest BCUT2D eigenvalue weighted by Gasteiger charge is -1.94. The van der Waals surface area contributed by atoms with Crippen molar-refractivity contribution in [2.24, 2.45) is 0 Å². The first-order chi connectivity index (χ1) is 6.22. The van der Waals surface area contributed by atoms with Gasteiger partial charge in [-0.3, -0.25) is 14.8 Å². The minimum Gasteiger partial charge on any atom is -0.374 e. The zero-order valence-corrected chi connectivity index (χ0v) is 6.44. The van der Waals surface area contributed by atoms with E-state index in [4.69, 9.17) is 5.11 Å². The van der Waals surface area contributed by atoms with Crippen LogP contribution in [0.15, 0.2) is 15.8 Å². The van der Waals surface area contributed by atoms with E-state index in [1.165, 1.54) is 6.20 Å². The Kier molecular flexibility index (Phi) is 1.52. The van der Waals surface area contributed by atoms with Crippen LogP contribution in [-0.2, 0) is 6.73 Å². The number of nitrogens with one attached hydrogen (secondary N) is 2. The number of fused-ring (bicyclic) bond motifs is 1. The van der Waals surface area contributed by atoms with Crippen LogP contribution in [0, 0.1) is 0 Å². The van der Waals surface area contributed by atoms with Crippen LogP contribution in [0.1, 0.15) is 0 Å². The van der Waals surface area contributed by atoms with Crippen LogP contribution in [-0.4, -0.2) is 24.9 Å². The quantitative estimate of drug-likeness (QED) is 0.492. The van der Waals surface area contributed by atoms with E-state index < -0.39 is 11.2 Å². The van der Waals surface area contributed by atoms with Gasteiger partial charge in [-0.15, -0.1) is 0 Å². The fourth-order valence-electron chi connectivity index (χ4n) is 1.10. The van der Waals surface area contributed by atoms with E-state index in [1.807, 2.05) is 4.98 Å². The second-order valence-electron chi connectivity index (χ2n) is 2.46. The highest BCUT2D eigenvalue weighted by Gasteiger charge is 2.05. The first-order valence-electron chi connectivity index (χ1n) is 3.51. The molecular weight excluding hydrogens is 176 g/mol. The minimum atomic E-state index is -0.618. The number of aromatic nitrogens is 4. The van der Waals surface area contributed by atoms with Gasteiger partial charge in [-0.2, -0.15) is 5.10 Å². The van der Waals surface area contributed by atoms with Gasteiger partial charge in [0.05, 0.1) is 6.20 Å². The third-order valence-electron chi connectivity index (χ3n) is 1.68. The van der Waals surface area contributed by atoms with E-state index in [9.17, 15) is 9.59 Å². The molecule has 2 heterocycles. The van der Waals surface area contributed by atoms with Gasteiger partial charge in [0.25, 0.3) is 5.56 Å². The number of rotatable bonds is 1. The summed E-state index contributed by atoms with van der Waals surface area (Å²) in [6.07, 6.45) is 1.28. The molecule has 0 atom stereocenters. The van der Waals surface area contributed by atoms with Crippen molar-refractivity contribution in [2.75, 3.05) is 0 Å². The number of nitrogens with zero attached hydrogens (tertiary/aromatic N) is 2. The highest BCUT2D eigenvalue weighted by atomic mass is 16.3. The van der Waals surface area contributed by atoms with Gasteiger partial charge in [0.15, 0.2) is 0 Å². The van der Waals surface area contributed by atoms with E-state index in [2.05, 4.69) is 10.1 Å². The zero-order valence-electron chi connectivity index (χ0n) is 6.44. The standard InChI is InChI=1S/C6H6N4O3/c11-2-10-4-3(1-7-10)5(12)9-6(13)8-4/h1,11H,2H2,(H2,8,9,12,13). The number of aliphatic hydroxyl groups is 1. The Balaban J connectivity index is 2.98. The van der Waals surface area contributed by atoms with Gasteiger partial charge < -0.3 is 5.11 Å². The molecule has 0 aromatic carbocycles. The average Bonchev–Trinajstić information content (AvgIpc) is 2.47. The molecule has 68 valence electrons.